The summed E-state index contributed by atoms with van der Waals surface area (Å²) in [6.07, 6.45) is 0.251. The molecule has 2 N–H and O–H groups in total. The van der Waals surface area contributed by atoms with Gasteiger partial charge in [0.1, 0.15) is 6.04 Å². The summed E-state index contributed by atoms with van der Waals surface area (Å²) in [5.74, 6) is -1.43. The van der Waals surface area contributed by atoms with Gasteiger partial charge in [-0.2, -0.15) is 0 Å². The first-order valence-electron chi connectivity index (χ1n) is 8.11. The highest BCUT2D eigenvalue weighted by Gasteiger charge is 2.21. The van der Waals surface area contributed by atoms with Crippen LogP contribution in [0.3, 0.4) is 0 Å². The predicted molar refractivity (Wildman–Crippen MR) is 97.7 cm³/mol. The van der Waals surface area contributed by atoms with Crippen molar-refractivity contribution in [3.8, 4) is 0 Å². The molecule has 4 nitrogen and oxygen atoms in total. The van der Waals surface area contributed by atoms with Crippen molar-refractivity contribution in [1.82, 2.24) is 5.32 Å². The van der Waals surface area contributed by atoms with Crippen LogP contribution in [0.5, 0.6) is 0 Å². The molecule has 0 aliphatic rings. The molecule has 0 spiro atoms. The zero-order valence-corrected chi connectivity index (χ0v) is 13.9. The molecular formula is C21H19NO3. The Bertz CT molecular complexity index is 933. The number of hydrogen-bond donors (Lipinski definition) is 2. The van der Waals surface area contributed by atoms with E-state index < -0.39 is 12.0 Å². The summed E-state index contributed by atoms with van der Waals surface area (Å²) in [6.45, 7) is 1.93. The Morgan fingerprint density at radius 3 is 2.36 bits per heavy atom. The highest BCUT2D eigenvalue weighted by atomic mass is 16.4. The molecule has 0 aliphatic heterocycles. The van der Waals surface area contributed by atoms with Gasteiger partial charge in [-0.25, -0.2) is 4.79 Å². The van der Waals surface area contributed by atoms with E-state index in [1.54, 1.807) is 12.1 Å². The van der Waals surface area contributed by atoms with Crippen molar-refractivity contribution in [2.75, 3.05) is 0 Å². The number of nitrogens with one attached hydrogen (secondary N) is 1. The number of benzene rings is 3. The molecule has 0 fully saturated rings. The lowest BCUT2D eigenvalue weighted by atomic mass is 10.0. The van der Waals surface area contributed by atoms with Crippen molar-refractivity contribution in [1.29, 1.82) is 0 Å². The third-order valence-corrected chi connectivity index (χ3v) is 4.30. The summed E-state index contributed by atoms with van der Waals surface area (Å²) in [6, 6.07) is 19.7. The number of carbonyl (C=O) groups is 2. The second kappa shape index (κ2) is 7.18. The number of fused-ring (bicyclic) bond motifs is 1. The lowest BCUT2D eigenvalue weighted by molar-refractivity contribution is -0.139. The first-order chi connectivity index (χ1) is 12.0. The lowest BCUT2D eigenvalue weighted by Crippen LogP contribution is -2.42. The maximum atomic E-state index is 12.5. The van der Waals surface area contributed by atoms with Gasteiger partial charge in [0.25, 0.3) is 5.91 Å². The average Bonchev–Trinajstić information content (AvgIpc) is 2.62. The molecule has 0 saturated carbocycles. The zero-order valence-electron chi connectivity index (χ0n) is 13.9. The number of carboxylic acid groups (broad SMARTS) is 1. The summed E-state index contributed by atoms with van der Waals surface area (Å²) >= 11 is 0. The molecular weight excluding hydrogens is 314 g/mol. The van der Waals surface area contributed by atoms with Crippen molar-refractivity contribution >= 4 is 22.6 Å². The molecule has 0 unspecified atom stereocenters. The summed E-state index contributed by atoms with van der Waals surface area (Å²) in [4.78, 5) is 24.1. The van der Waals surface area contributed by atoms with E-state index in [1.807, 2.05) is 61.5 Å². The van der Waals surface area contributed by atoms with Crippen LogP contribution in [-0.2, 0) is 11.2 Å². The molecule has 3 aromatic rings. The monoisotopic (exact) mass is 333 g/mol. The van der Waals surface area contributed by atoms with E-state index in [9.17, 15) is 14.7 Å². The van der Waals surface area contributed by atoms with E-state index in [0.29, 0.717) is 5.56 Å². The van der Waals surface area contributed by atoms with E-state index in [0.717, 1.165) is 21.9 Å². The van der Waals surface area contributed by atoms with Crippen molar-refractivity contribution in [2.24, 2.45) is 0 Å². The summed E-state index contributed by atoms with van der Waals surface area (Å²) < 4.78 is 0. The van der Waals surface area contributed by atoms with Crippen molar-refractivity contribution in [2.45, 2.75) is 19.4 Å². The molecule has 126 valence electrons. The normalized spacial score (nSPS) is 11.9. The van der Waals surface area contributed by atoms with Crippen LogP contribution in [0.4, 0.5) is 0 Å². The topological polar surface area (TPSA) is 66.4 Å². The van der Waals surface area contributed by atoms with Gasteiger partial charge in [0, 0.05) is 12.0 Å². The smallest absolute Gasteiger partial charge is 0.326 e. The molecule has 0 radical (unpaired) electrons. The van der Waals surface area contributed by atoms with E-state index in [2.05, 4.69) is 5.32 Å². The molecule has 0 bridgehead atoms. The SMILES string of the molecule is Cc1ccccc1C[C@H](NC(=O)c1ccc2ccccc2c1)C(=O)O. The van der Waals surface area contributed by atoms with Gasteiger partial charge in [0.2, 0.25) is 0 Å². The maximum absolute atomic E-state index is 12.5. The second-order valence-corrected chi connectivity index (χ2v) is 6.06. The van der Waals surface area contributed by atoms with Crippen LogP contribution in [-0.4, -0.2) is 23.0 Å². The van der Waals surface area contributed by atoms with Crippen LogP contribution in [0.25, 0.3) is 10.8 Å². The molecule has 0 saturated heterocycles. The number of hydrogen-bond acceptors (Lipinski definition) is 2. The van der Waals surface area contributed by atoms with Crippen molar-refractivity contribution in [3.63, 3.8) is 0 Å². The Morgan fingerprint density at radius 1 is 0.960 bits per heavy atom. The fourth-order valence-electron chi connectivity index (χ4n) is 2.83. The molecule has 0 aliphatic carbocycles. The standard InChI is InChI=1S/C21H19NO3/c1-14-6-2-3-8-16(14)13-19(21(24)25)22-20(23)18-11-10-15-7-4-5-9-17(15)12-18/h2-12,19H,13H2,1H3,(H,22,23)(H,24,25)/t19-/m0/s1. The Labute approximate surface area is 146 Å². The van der Waals surface area contributed by atoms with E-state index in [-0.39, 0.29) is 12.3 Å². The summed E-state index contributed by atoms with van der Waals surface area (Å²) in [7, 11) is 0. The van der Waals surface area contributed by atoms with Gasteiger partial charge in [-0.1, -0.05) is 54.6 Å². The fraction of sp³-hybridized carbons (Fsp3) is 0.143. The van der Waals surface area contributed by atoms with Gasteiger partial charge in [-0.15, -0.1) is 0 Å². The highest BCUT2D eigenvalue weighted by molar-refractivity contribution is 6.00. The number of aliphatic carboxylic acids is 1. The number of carbonyl (C=O) groups excluding carboxylic acids is 1. The first kappa shape index (κ1) is 16.7. The third-order valence-electron chi connectivity index (χ3n) is 4.30. The van der Waals surface area contributed by atoms with E-state index >= 15 is 0 Å². The average molecular weight is 333 g/mol. The Morgan fingerprint density at radius 2 is 1.64 bits per heavy atom. The van der Waals surface area contributed by atoms with Gasteiger partial charge in [-0.05, 0) is 41.0 Å². The molecule has 3 rings (SSSR count). The minimum atomic E-state index is -1.04. The minimum Gasteiger partial charge on any atom is -0.480 e. The Balaban J connectivity index is 1.80. The van der Waals surface area contributed by atoms with Crippen LogP contribution >= 0.6 is 0 Å². The van der Waals surface area contributed by atoms with Crippen molar-refractivity contribution in [3.05, 3.63) is 83.4 Å². The van der Waals surface area contributed by atoms with Crippen LogP contribution in [0.1, 0.15) is 21.5 Å². The second-order valence-electron chi connectivity index (χ2n) is 6.06. The van der Waals surface area contributed by atoms with Gasteiger partial charge >= 0.3 is 5.97 Å². The van der Waals surface area contributed by atoms with Crippen LogP contribution in [0, 0.1) is 6.92 Å². The molecule has 3 aromatic carbocycles. The van der Waals surface area contributed by atoms with Gasteiger partial charge in [0.05, 0.1) is 0 Å². The third kappa shape index (κ3) is 3.86. The van der Waals surface area contributed by atoms with Crippen LogP contribution < -0.4 is 5.32 Å². The van der Waals surface area contributed by atoms with Crippen LogP contribution in [0.2, 0.25) is 0 Å². The largest absolute Gasteiger partial charge is 0.480 e. The Hall–Kier alpha value is -3.14. The lowest BCUT2D eigenvalue weighted by Gasteiger charge is -2.16. The quantitative estimate of drug-likeness (QED) is 0.750. The number of amides is 1. The summed E-state index contributed by atoms with van der Waals surface area (Å²) in [5.41, 5.74) is 2.37. The molecule has 1 atom stereocenters. The molecule has 0 heterocycles. The number of rotatable bonds is 5. The fourth-order valence-corrected chi connectivity index (χ4v) is 2.83. The van der Waals surface area contributed by atoms with Crippen LogP contribution in [0.15, 0.2) is 66.7 Å². The number of carboxylic acids is 1. The number of aryl methyl sites for hydroxylation is 1. The van der Waals surface area contributed by atoms with Gasteiger partial charge in [0.15, 0.2) is 0 Å². The highest BCUT2D eigenvalue weighted by Crippen LogP contribution is 2.16. The maximum Gasteiger partial charge on any atom is 0.326 e. The molecule has 25 heavy (non-hydrogen) atoms. The Kier molecular flexibility index (Phi) is 4.80. The van der Waals surface area contributed by atoms with Gasteiger partial charge < -0.3 is 10.4 Å². The predicted octanol–water partition coefficient (Wildman–Crippen LogP) is 3.57. The molecule has 0 aromatic heterocycles. The zero-order chi connectivity index (χ0) is 17.8. The van der Waals surface area contributed by atoms with Crippen molar-refractivity contribution < 1.29 is 14.7 Å². The van der Waals surface area contributed by atoms with Gasteiger partial charge in [-0.3, -0.25) is 4.79 Å². The van der Waals surface area contributed by atoms with E-state index in [4.69, 9.17) is 0 Å². The minimum absolute atomic E-state index is 0.251. The summed E-state index contributed by atoms with van der Waals surface area (Å²) in [5, 5.41) is 14.1. The van der Waals surface area contributed by atoms with E-state index in [1.165, 1.54) is 0 Å². The molecule has 1 amide bonds. The molecule has 4 heteroatoms. The first-order valence-corrected chi connectivity index (χ1v) is 8.11.